The molecule has 26 heavy (non-hydrogen) atoms. The summed E-state index contributed by atoms with van der Waals surface area (Å²) in [6.45, 7) is 4.64. The topological polar surface area (TPSA) is 98.6 Å². The van der Waals surface area contributed by atoms with Crippen LogP contribution in [0.1, 0.15) is 60.5 Å². The molecular formula is C19H25N5O2. The van der Waals surface area contributed by atoms with E-state index in [1.165, 1.54) is 11.1 Å². The minimum absolute atomic E-state index is 0.0240. The van der Waals surface area contributed by atoms with E-state index in [1.807, 2.05) is 12.1 Å². The molecule has 1 aliphatic carbocycles. The molecule has 0 radical (unpaired) electrons. The molecule has 0 unspecified atom stereocenters. The van der Waals surface area contributed by atoms with Crippen LogP contribution in [0.4, 0.5) is 5.69 Å². The molecule has 4 rings (SSSR count). The Morgan fingerprint density at radius 3 is 2.69 bits per heavy atom. The van der Waals surface area contributed by atoms with Crippen molar-refractivity contribution in [3.8, 4) is 0 Å². The zero-order valence-electron chi connectivity index (χ0n) is 15.2. The van der Waals surface area contributed by atoms with Crippen molar-refractivity contribution < 1.29 is 9.26 Å². The lowest BCUT2D eigenvalue weighted by atomic mass is 10.1. The van der Waals surface area contributed by atoms with E-state index in [2.05, 4.69) is 40.4 Å². The van der Waals surface area contributed by atoms with E-state index in [-0.39, 0.29) is 12.2 Å². The van der Waals surface area contributed by atoms with Gasteiger partial charge in [0.25, 0.3) is 5.89 Å². The average Bonchev–Trinajstić information content (AvgIpc) is 3.13. The van der Waals surface area contributed by atoms with Crippen LogP contribution in [0.2, 0.25) is 0 Å². The van der Waals surface area contributed by atoms with Gasteiger partial charge in [-0.25, -0.2) is 0 Å². The summed E-state index contributed by atoms with van der Waals surface area (Å²) in [6.07, 6.45) is 4.01. The van der Waals surface area contributed by atoms with Crippen LogP contribution in [0.3, 0.4) is 0 Å². The number of nitrogens with zero attached hydrogens (tertiary/aromatic N) is 3. The first-order chi connectivity index (χ1) is 12.6. The summed E-state index contributed by atoms with van der Waals surface area (Å²) in [7, 11) is 0. The molecule has 7 nitrogen and oxygen atoms in total. The SMILES string of the molecule is Cc1cc(C)cc(NC(N)=NC[C@H]2CC[C@@H](c3nc(C4CC4)no3)O2)c1. The number of aliphatic imine (C=N–C) groups is 1. The Labute approximate surface area is 153 Å². The van der Waals surface area contributed by atoms with Crippen molar-refractivity contribution in [1.82, 2.24) is 10.1 Å². The molecule has 3 N–H and O–H groups in total. The summed E-state index contributed by atoms with van der Waals surface area (Å²) in [4.78, 5) is 8.90. The maximum absolute atomic E-state index is 6.02. The lowest BCUT2D eigenvalue weighted by Gasteiger charge is -2.11. The van der Waals surface area contributed by atoms with Crippen molar-refractivity contribution >= 4 is 11.6 Å². The molecule has 1 aromatic carbocycles. The average molecular weight is 355 g/mol. The fourth-order valence-electron chi connectivity index (χ4n) is 3.34. The number of hydrogen-bond acceptors (Lipinski definition) is 5. The first-order valence-corrected chi connectivity index (χ1v) is 9.21. The second-order valence-corrected chi connectivity index (χ2v) is 7.32. The Kier molecular flexibility index (Phi) is 4.63. The third-order valence-electron chi connectivity index (χ3n) is 4.74. The first-order valence-electron chi connectivity index (χ1n) is 9.21. The van der Waals surface area contributed by atoms with Gasteiger partial charge in [-0.1, -0.05) is 11.2 Å². The summed E-state index contributed by atoms with van der Waals surface area (Å²) in [5, 5.41) is 7.20. The Balaban J connectivity index is 1.30. The second kappa shape index (κ2) is 7.07. The van der Waals surface area contributed by atoms with Gasteiger partial charge in [-0.15, -0.1) is 0 Å². The van der Waals surface area contributed by atoms with Crippen LogP contribution in [0.15, 0.2) is 27.7 Å². The van der Waals surface area contributed by atoms with Crippen molar-refractivity contribution in [3.05, 3.63) is 41.0 Å². The quantitative estimate of drug-likeness (QED) is 0.631. The molecule has 1 aromatic heterocycles. The van der Waals surface area contributed by atoms with Gasteiger partial charge in [0.2, 0.25) is 0 Å². The minimum atomic E-state index is -0.121. The highest BCUT2D eigenvalue weighted by molar-refractivity contribution is 5.92. The van der Waals surface area contributed by atoms with Crippen molar-refractivity contribution in [1.29, 1.82) is 0 Å². The number of ether oxygens (including phenoxy) is 1. The summed E-state index contributed by atoms with van der Waals surface area (Å²) in [5.74, 6) is 2.31. The van der Waals surface area contributed by atoms with Crippen LogP contribution < -0.4 is 11.1 Å². The molecule has 2 atom stereocenters. The molecule has 1 saturated heterocycles. The van der Waals surface area contributed by atoms with E-state index < -0.39 is 0 Å². The fraction of sp³-hybridized carbons (Fsp3) is 0.526. The third kappa shape index (κ3) is 4.04. The van der Waals surface area contributed by atoms with Gasteiger partial charge in [0.15, 0.2) is 11.8 Å². The molecular weight excluding hydrogens is 330 g/mol. The zero-order chi connectivity index (χ0) is 18.1. The van der Waals surface area contributed by atoms with E-state index in [0.29, 0.717) is 24.3 Å². The van der Waals surface area contributed by atoms with Crippen molar-refractivity contribution in [2.24, 2.45) is 10.7 Å². The molecule has 2 aliphatic rings. The van der Waals surface area contributed by atoms with E-state index >= 15 is 0 Å². The molecule has 7 heteroatoms. The van der Waals surface area contributed by atoms with Gasteiger partial charge in [-0.05, 0) is 62.8 Å². The number of hydrogen-bond donors (Lipinski definition) is 2. The van der Waals surface area contributed by atoms with E-state index in [1.54, 1.807) is 0 Å². The highest BCUT2D eigenvalue weighted by Gasteiger charge is 2.34. The number of rotatable bonds is 5. The standard InChI is InChI=1S/C19H25N5O2/c1-11-7-12(2)9-14(8-11)22-19(20)21-10-15-5-6-16(25-15)18-23-17(24-26-18)13-3-4-13/h7-9,13,15-16H,3-6,10H2,1-2H3,(H3,20,21,22)/t15-,16+/m1/s1. The van der Waals surface area contributed by atoms with Gasteiger partial charge < -0.3 is 20.3 Å². The van der Waals surface area contributed by atoms with Crippen LogP contribution in [-0.2, 0) is 4.74 Å². The zero-order valence-corrected chi connectivity index (χ0v) is 15.2. The number of guanidine groups is 1. The van der Waals surface area contributed by atoms with E-state index in [0.717, 1.165) is 37.2 Å². The normalized spacial score (nSPS) is 23.4. The smallest absolute Gasteiger partial charge is 0.255 e. The minimum Gasteiger partial charge on any atom is -0.370 e. The first kappa shape index (κ1) is 17.0. The second-order valence-electron chi connectivity index (χ2n) is 7.32. The summed E-state index contributed by atoms with van der Waals surface area (Å²) < 4.78 is 11.4. The summed E-state index contributed by atoms with van der Waals surface area (Å²) >= 11 is 0. The van der Waals surface area contributed by atoms with Crippen molar-refractivity contribution in [2.45, 2.75) is 57.7 Å². The predicted molar refractivity (Wildman–Crippen MR) is 99.1 cm³/mol. The molecule has 0 spiro atoms. The van der Waals surface area contributed by atoms with Crippen molar-refractivity contribution in [3.63, 3.8) is 0 Å². The monoisotopic (exact) mass is 355 g/mol. The lowest BCUT2D eigenvalue weighted by molar-refractivity contribution is 0.0309. The van der Waals surface area contributed by atoms with Crippen LogP contribution in [0, 0.1) is 13.8 Å². The van der Waals surface area contributed by atoms with Gasteiger partial charge in [0.05, 0.1) is 12.6 Å². The van der Waals surface area contributed by atoms with E-state index in [4.69, 9.17) is 15.0 Å². The van der Waals surface area contributed by atoms with Crippen LogP contribution in [0.25, 0.3) is 0 Å². The number of aromatic nitrogens is 2. The molecule has 2 aromatic rings. The number of aryl methyl sites for hydroxylation is 2. The lowest BCUT2D eigenvalue weighted by Crippen LogP contribution is -2.24. The maximum Gasteiger partial charge on any atom is 0.255 e. The molecule has 2 fully saturated rings. The van der Waals surface area contributed by atoms with Gasteiger partial charge in [-0.2, -0.15) is 4.98 Å². The summed E-state index contributed by atoms with van der Waals surface area (Å²) in [6, 6.07) is 6.21. The highest BCUT2D eigenvalue weighted by Crippen LogP contribution is 2.39. The Hall–Kier alpha value is -2.41. The largest absolute Gasteiger partial charge is 0.370 e. The van der Waals surface area contributed by atoms with Crippen molar-refractivity contribution in [2.75, 3.05) is 11.9 Å². The Morgan fingerprint density at radius 1 is 1.19 bits per heavy atom. The van der Waals surface area contributed by atoms with Gasteiger partial charge in [-0.3, -0.25) is 4.99 Å². The van der Waals surface area contributed by atoms with Crippen LogP contribution in [0.5, 0.6) is 0 Å². The highest BCUT2D eigenvalue weighted by atomic mass is 16.5. The number of benzene rings is 1. The molecule has 138 valence electrons. The fourth-order valence-corrected chi connectivity index (χ4v) is 3.34. The van der Waals surface area contributed by atoms with Crippen LogP contribution in [-0.4, -0.2) is 28.7 Å². The molecule has 0 amide bonds. The third-order valence-corrected chi connectivity index (χ3v) is 4.74. The number of anilines is 1. The van der Waals surface area contributed by atoms with Gasteiger partial charge >= 0.3 is 0 Å². The maximum atomic E-state index is 6.02. The molecule has 0 bridgehead atoms. The Morgan fingerprint density at radius 2 is 1.96 bits per heavy atom. The van der Waals surface area contributed by atoms with E-state index in [9.17, 15) is 0 Å². The van der Waals surface area contributed by atoms with Gasteiger partial charge in [0.1, 0.15) is 6.10 Å². The molecule has 1 aliphatic heterocycles. The predicted octanol–water partition coefficient (Wildman–Crippen LogP) is 3.21. The summed E-state index contributed by atoms with van der Waals surface area (Å²) in [5.41, 5.74) is 9.34. The van der Waals surface area contributed by atoms with Crippen LogP contribution >= 0.6 is 0 Å². The molecule has 2 heterocycles. The van der Waals surface area contributed by atoms with Gasteiger partial charge in [0, 0.05) is 11.6 Å². The Bertz CT molecular complexity index is 792. The molecule has 1 saturated carbocycles. The number of nitrogens with one attached hydrogen (secondary N) is 1. The number of nitrogens with two attached hydrogens (primary N) is 1.